The van der Waals surface area contributed by atoms with Gasteiger partial charge in [-0.3, -0.25) is 19.9 Å². The number of aliphatic hydroxyl groups excluding tert-OH is 1. The second-order valence-electron chi connectivity index (χ2n) is 8.65. The summed E-state index contributed by atoms with van der Waals surface area (Å²) in [6, 6.07) is 11.1. The van der Waals surface area contributed by atoms with Gasteiger partial charge in [0, 0.05) is 63.8 Å². The van der Waals surface area contributed by atoms with Crippen LogP contribution in [0.2, 0.25) is 0 Å². The molecule has 0 bridgehead atoms. The zero-order valence-electron chi connectivity index (χ0n) is 20.5. The molecule has 1 aliphatic rings. The van der Waals surface area contributed by atoms with Gasteiger partial charge in [-0.1, -0.05) is 12.1 Å². The number of nitro benzene ring substituents is 1. The minimum atomic E-state index is -0.399. The number of nitrogens with zero attached hydrogens (tertiary/aromatic N) is 5. The molecule has 36 heavy (non-hydrogen) atoms. The van der Waals surface area contributed by atoms with E-state index < -0.39 is 4.92 Å². The summed E-state index contributed by atoms with van der Waals surface area (Å²) >= 11 is 0. The van der Waals surface area contributed by atoms with Crippen LogP contribution in [0.4, 0.5) is 17.2 Å². The second-order valence-corrected chi connectivity index (χ2v) is 8.65. The number of benzene rings is 2. The summed E-state index contributed by atoms with van der Waals surface area (Å²) in [4.78, 5) is 24.4. The number of β-amino-alcohol motifs (C(OH)–C–C–N with tert-alkyl or cyclic N) is 1. The minimum Gasteiger partial charge on any atom is -0.492 e. The third-order valence-corrected chi connectivity index (χ3v) is 6.26. The molecule has 0 radical (unpaired) electrons. The highest BCUT2D eigenvalue weighted by Crippen LogP contribution is 2.32. The Morgan fingerprint density at radius 1 is 1.06 bits per heavy atom. The van der Waals surface area contributed by atoms with Gasteiger partial charge in [-0.15, -0.1) is 0 Å². The summed E-state index contributed by atoms with van der Waals surface area (Å²) < 4.78 is 5.92. The van der Waals surface area contributed by atoms with Gasteiger partial charge < -0.3 is 20.5 Å². The van der Waals surface area contributed by atoms with E-state index in [1.54, 1.807) is 6.07 Å². The summed E-state index contributed by atoms with van der Waals surface area (Å²) in [5.41, 5.74) is 2.11. The van der Waals surface area contributed by atoms with E-state index in [1.807, 2.05) is 31.2 Å². The Morgan fingerprint density at radius 3 is 2.44 bits per heavy atom. The van der Waals surface area contributed by atoms with Crippen LogP contribution in [-0.4, -0.2) is 88.8 Å². The molecule has 0 amide bonds. The van der Waals surface area contributed by atoms with Crippen molar-refractivity contribution in [2.24, 2.45) is 0 Å². The maximum atomic E-state index is 11.5. The van der Waals surface area contributed by atoms with Gasteiger partial charge in [-0.05, 0) is 30.7 Å². The Balaban J connectivity index is 1.31. The molecule has 4 rings (SSSR count). The lowest BCUT2D eigenvalue weighted by atomic mass is 10.1. The predicted octanol–water partition coefficient (Wildman–Crippen LogP) is 2.57. The van der Waals surface area contributed by atoms with Gasteiger partial charge in [0.05, 0.1) is 17.0 Å². The molecule has 0 unspecified atom stereocenters. The van der Waals surface area contributed by atoms with Crippen LogP contribution in [0, 0.1) is 10.1 Å². The van der Waals surface area contributed by atoms with Gasteiger partial charge in [0.25, 0.3) is 5.69 Å². The first-order chi connectivity index (χ1) is 17.6. The first kappa shape index (κ1) is 25.5. The normalized spacial score (nSPS) is 14.6. The maximum Gasteiger partial charge on any atom is 0.293 e. The highest BCUT2D eigenvalue weighted by atomic mass is 16.6. The molecule has 0 aliphatic carbocycles. The van der Waals surface area contributed by atoms with Crippen molar-refractivity contribution < 1.29 is 14.8 Å². The van der Waals surface area contributed by atoms with Crippen LogP contribution < -0.4 is 15.4 Å². The molecule has 3 aromatic rings. The Hall–Kier alpha value is -3.54. The van der Waals surface area contributed by atoms with Crippen molar-refractivity contribution in [3.63, 3.8) is 0 Å². The van der Waals surface area contributed by atoms with Crippen molar-refractivity contribution in [3.8, 4) is 5.75 Å². The molecule has 11 heteroatoms. The molecule has 1 saturated heterocycles. The standard InChI is InChI=1S/C25H33N7O4/c1-2-26-23-16-22-21(15-24(23)32(34)35)25(29-18-28-22)27-17-19-3-5-20(6-4-19)36-14-12-31-9-7-30(8-10-31)11-13-33/h3-6,15-16,18,26,33H,2,7-14,17H2,1H3,(H,27,28,29). The van der Waals surface area contributed by atoms with Crippen molar-refractivity contribution >= 4 is 28.1 Å². The largest absolute Gasteiger partial charge is 0.492 e. The second kappa shape index (κ2) is 12.4. The SMILES string of the molecule is CCNc1cc2ncnc(NCc3ccc(OCCN4CCN(CCO)CC4)cc3)c2cc1[N+](=O)[O-]. The lowest BCUT2D eigenvalue weighted by Gasteiger charge is -2.34. The van der Waals surface area contributed by atoms with Crippen LogP contribution in [0.25, 0.3) is 10.9 Å². The van der Waals surface area contributed by atoms with Crippen LogP contribution in [0.1, 0.15) is 12.5 Å². The number of piperazine rings is 1. The molecule has 0 saturated carbocycles. The number of fused-ring (bicyclic) bond motifs is 1. The van der Waals surface area contributed by atoms with Crippen LogP contribution in [0.3, 0.4) is 0 Å². The molecule has 2 heterocycles. The number of aromatic nitrogens is 2. The van der Waals surface area contributed by atoms with Crippen LogP contribution in [0.5, 0.6) is 5.75 Å². The van der Waals surface area contributed by atoms with Gasteiger partial charge in [0.15, 0.2) is 0 Å². The molecule has 0 atom stereocenters. The Labute approximate surface area is 210 Å². The van der Waals surface area contributed by atoms with Gasteiger partial charge in [0.2, 0.25) is 0 Å². The fourth-order valence-electron chi connectivity index (χ4n) is 4.28. The number of nitro groups is 1. The zero-order valence-corrected chi connectivity index (χ0v) is 20.5. The number of nitrogens with one attached hydrogen (secondary N) is 2. The third-order valence-electron chi connectivity index (χ3n) is 6.26. The third kappa shape index (κ3) is 6.56. The van der Waals surface area contributed by atoms with Crippen molar-refractivity contribution in [1.82, 2.24) is 19.8 Å². The van der Waals surface area contributed by atoms with E-state index in [4.69, 9.17) is 9.84 Å². The van der Waals surface area contributed by atoms with Crippen molar-refractivity contribution in [2.75, 3.05) is 69.7 Å². The summed E-state index contributed by atoms with van der Waals surface area (Å²) in [5.74, 6) is 1.36. The maximum absolute atomic E-state index is 11.5. The van der Waals surface area contributed by atoms with Gasteiger partial charge in [-0.2, -0.15) is 0 Å². The fourth-order valence-corrected chi connectivity index (χ4v) is 4.28. The molecule has 0 spiro atoms. The minimum absolute atomic E-state index is 0.00394. The van der Waals surface area contributed by atoms with E-state index >= 15 is 0 Å². The number of anilines is 2. The van der Waals surface area contributed by atoms with Crippen LogP contribution in [0.15, 0.2) is 42.7 Å². The zero-order chi connectivity index (χ0) is 25.3. The number of hydrogen-bond acceptors (Lipinski definition) is 10. The fraction of sp³-hybridized carbons (Fsp3) is 0.440. The highest BCUT2D eigenvalue weighted by Gasteiger charge is 2.18. The van der Waals surface area contributed by atoms with E-state index in [0.29, 0.717) is 42.1 Å². The Kier molecular flexibility index (Phi) is 8.82. The van der Waals surface area contributed by atoms with Crippen molar-refractivity contribution in [3.05, 3.63) is 58.4 Å². The number of rotatable bonds is 12. The van der Waals surface area contributed by atoms with E-state index in [-0.39, 0.29) is 12.3 Å². The molecule has 1 aliphatic heterocycles. The average Bonchev–Trinajstić information content (AvgIpc) is 2.89. The topological polar surface area (TPSA) is 129 Å². The Morgan fingerprint density at radius 2 is 1.78 bits per heavy atom. The highest BCUT2D eigenvalue weighted by molar-refractivity contribution is 5.94. The first-order valence-corrected chi connectivity index (χ1v) is 12.3. The summed E-state index contributed by atoms with van der Waals surface area (Å²) in [6.07, 6.45) is 1.45. The van der Waals surface area contributed by atoms with E-state index in [0.717, 1.165) is 50.6 Å². The van der Waals surface area contributed by atoms with Gasteiger partial charge in [-0.25, -0.2) is 9.97 Å². The van der Waals surface area contributed by atoms with E-state index in [9.17, 15) is 10.1 Å². The molecular formula is C25H33N7O4. The molecule has 3 N–H and O–H groups in total. The molecular weight excluding hydrogens is 462 g/mol. The molecule has 1 aromatic heterocycles. The number of hydrogen-bond donors (Lipinski definition) is 3. The van der Waals surface area contributed by atoms with Crippen molar-refractivity contribution in [2.45, 2.75) is 13.5 Å². The van der Waals surface area contributed by atoms with E-state index in [1.165, 1.54) is 12.4 Å². The van der Waals surface area contributed by atoms with Crippen molar-refractivity contribution in [1.29, 1.82) is 0 Å². The summed E-state index contributed by atoms with van der Waals surface area (Å²) in [7, 11) is 0. The lowest BCUT2D eigenvalue weighted by molar-refractivity contribution is -0.383. The molecule has 11 nitrogen and oxygen atoms in total. The van der Waals surface area contributed by atoms with Crippen LogP contribution in [-0.2, 0) is 6.54 Å². The van der Waals surface area contributed by atoms with E-state index in [2.05, 4.69) is 30.4 Å². The monoisotopic (exact) mass is 495 g/mol. The van der Waals surface area contributed by atoms with Crippen LogP contribution >= 0.6 is 0 Å². The average molecular weight is 496 g/mol. The molecule has 2 aromatic carbocycles. The quantitative estimate of drug-likeness (QED) is 0.255. The summed E-state index contributed by atoms with van der Waals surface area (Å²) in [6.45, 7) is 9.37. The van der Waals surface area contributed by atoms with Gasteiger partial charge in [0.1, 0.15) is 30.2 Å². The Bertz CT molecular complexity index is 1150. The van der Waals surface area contributed by atoms with Gasteiger partial charge >= 0.3 is 0 Å². The molecule has 1 fully saturated rings. The smallest absolute Gasteiger partial charge is 0.293 e. The first-order valence-electron chi connectivity index (χ1n) is 12.3. The number of aliphatic hydroxyl groups is 1. The predicted molar refractivity (Wildman–Crippen MR) is 140 cm³/mol. The summed E-state index contributed by atoms with van der Waals surface area (Å²) in [5, 5.41) is 27.5. The number of ether oxygens (including phenoxy) is 1. The lowest BCUT2D eigenvalue weighted by Crippen LogP contribution is -2.48. The molecule has 192 valence electrons.